The number of rotatable bonds is 4. The average Bonchev–Trinajstić information content (AvgIpc) is 3.27. The minimum atomic E-state index is -0.522. The van der Waals surface area contributed by atoms with E-state index in [9.17, 15) is 9.18 Å². The standard InChI is InChI=1S/C14H13ClFN5O/c15-9-1-2-10(11(16)5-9)14(3-4-14)20-13-18-6-8(7-19-13)12(22)21-17/h1-2,5-7H,3-4,17H2,(H,21,22)(H,18,19,20). The van der Waals surface area contributed by atoms with E-state index in [-0.39, 0.29) is 11.4 Å². The molecule has 1 aromatic carbocycles. The molecule has 4 N–H and O–H groups in total. The zero-order valence-electron chi connectivity index (χ0n) is 11.4. The van der Waals surface area contributed by atoms with Gasteiger partial charge in [0.15, 0.2) is 0 Å². The summed E-state index contributed by atoms with van der Waals surface area (Å²) in [5.74, 6) is 4.52. The molecule has 0 aliphatic heterocycles. The van der Waals surface area contributed by atoms with Gasteiger partial charge in [-0.25, -0.2) is 20.2 Å². The number of anilines is 1. The number of hydrazine groups is 1. The Bertz CT molecular complexity index is 718. The van der Waals surface area contributed by atoms with Crippen LogP contribution in [0.3, 0.4) is 0 Å². The SMILES string of the molecule is NNC(=O)c1cnc(NC2(c3ccc(Cl)cc3F)CC2)nc1. The Morgan fingerprint density at radius 1 is 1.32 bits per heavy atom. The van der Waals surface area contributed by atoms with Gasteiger partial charge in [-0.3, -0.25) is 10.2 Å². The first-order valence-electron chi connectivity index (χ1n) is 6.61. The summed E-state index contributed by atoms with van der Waals surface area (Å²) in [6.07, 6.45) is 4.23. The predicted molar refractivity (Wildman–Crippen MR) is 79.6 cm³/mol. The molecule has 0 radical (unpaired) electrons. The summed E-state index contributed by atoms with van der Waals surface area (Å²) in [6, 6.07) is 4.60. The Labute approximate surface area is 130 Å². The first-order valence-corrected chi connectivity index (χ1v) is 6.98. The number of nitrogens with two attached hydrogens (primary N) is 1. The summed E-state index contributed by atoms with van der Waals surface area (Å²) < 4.78 is 14.1. The molecule has 1 aliphatic rings. The first-order chi connectivity index (χ1) is 10.5. The van der Waals surface area contributed by atoms with Crippen LogP contribution in [0.15, 0.2) is 30.6 Å². The maximum Gasteiger partial charge on any atom is 0.268 e. The minimum absolute atomic E-state index is 0.246. The van der Waals surface area contributed by atoms with Gasteiger partial charge in [0.2, 0.25) is 5.95 Å². The van der Waals surface area contributed by atoms with Crippen LogP contribution in [0.5, 0.6) is 0 Å². The quantitative estimate of drug-likeness (QED) is 0.455. The molecule has 0 atom stereocenters. The van der Waals surface area contributed by atoms with Crippen LogP contribution >= 0.6 is 11.6 Å². The summed E-state index contributed by atoms with van der Waals surface area (Å²) in [6.45, 7) is 0. The number of nitrogens with one attached hydrogen (secondary N) is 2. The van der Waals surface area contributed by atoms with E-state index in [4.69, 9.17) is 17.4 Å². The van der Waals surface area contributed by atoms with E-state index in [1.165, 1.54) is 18.5 Å². The third kappa shape index (κ3) is 2.72. The molecular weight excluding hydrogens is 309 g/mol. The largest absolute Gasteiger partial charge is 0.345 e. The van der Waals surface area contributed by atoms with E-state index < -0.39 is 11.4 Å². The normalized spacial score (nSPS) is 15.2. The third-order valence-electron chi connectivity index (χ3n) is 3.59. The van der Waals surface area contributed by atoms with E-state index in [1.54, 1.807) is 12.1 Å². The second-order valence-electron chi connectivity index (χ2n) is 5.10. The van der Waals surface area contributed by atoms with E-state index >= 15 is 0 Å². The van der Waals surface area contributed by atoms with Gasteiger partial charge in [-0.2, -0.15) is 0 Å². The van der Waals surface area contributed by atoms with Crippen molar-refractivity contribution < 1.29 is 9.18 Å². The maximum absolute atomic E-state index is 14.1. The Morgan fingerprint density at radius 3 is 2.55 bits per heavy atom. The second-order valence-corrected chi connectivity index (χ2v) is 5.54. The number of aromatic nitrogens is 2. The van der Waals surface area contributed by atoms with Crippen molar-refractivity contribution >= 4 is 23.5 Å². The van der Waals surface area contributed by atoms with E-state index in [2.05, 4.69) is 15.3 Å². The molecule has 0 spiro atoms. The predicted octanol–water partition coefficient (Wildman–Crippen LogP) is 1.97. The maximum atomic E-state index is 14.1. The highest BCUT2D eigenvalue weighted by atomic mass is 35.5. The van der Waals surface area contributed by atoms with Gasteiger partial charge in [-0.15, -0.1) is 0 Å². The van der Waals surface area contributed by atoms with Crippen LogP contribution in [-0.2, 0) is 5.54 Å². The molecule has 114 valence electrons. The van der Waals surface area contributed by atoms with E-state index in [0.717, 1.165) is 12.8 Å². The lowest BCUT2D eigenvalue weighted by molar-refractivity contribution is 0.0953. The summed E-state index contributed by atoms with van der Waals surface area (Å²) in [5, 5.41) is 3.47. The number of nitrogens with zero attached hydrogens (tertiary/aromatic N) is 2. The van der Waals surface area contributed by atoms with Gasteiger partial charge < -0.3 is 5.32 Å². The van der Waals surface area contributed by atoms with Gasteiger partial charge in [-0.1, -0.05) is 17.7 Å². The number of nitrogen functional groups attached to an aromatic ring is 1. The lowest BCUT2D eigenvalue weighted by Gasteiger charge is -2.18. The van der Waals surface area contributed by atoms with Crippen LogP contribution in [-0.4, -0.2) is 15.9 Å². The number of halogens is 2. The molecule has 2 aromatic rings. The second kappa shape index (κ2) is 5.51. The summed E-state index contributed by atoms with van der Waals surface area (Å²) in [7, 11) is 0. The monoisotopic (exact) mass is 321 g/mol. The zero-order valence-corrected chi connectivity index (χ0v) is 12.2. The van der Waals surface area contributed by atoms with Crippen molar-refractivity contribution in [2.45, 2.75) is 18.4 Å². The van der Waals surface area contributed by atoms with Crippen LogP contribution in [0, 0.1) is 5.82 Å². The number of hydrogen-bond donors (Lipinski definition) is 3. The van der Waals surface area contributed by atoms with Crippen molar-refractivity contribution in [1.82, 2.24) is 15.4 Å². The van der Waals surface area contributed by atoms with Crippen molar-refractivity contribution in [3.8, 4) is 0 Å². The molecule has 1 aromatic heterocycles. The molecule has 0 unspecified atom stereocenters. The molecule has 6 nitrogen and oxygen atoms in total. The number of benzene rings is 1. The molecule has 1 amide bonds. The summed E-state index contributed by atoms with van der Waals surface area (Å²) in [5.41, 5.74) is 2.25. The third-order valence-corrected chi connectivity index (χ3v) is 3.83. The number of amides is 1. The van der Waals surface area contributed by atoms with Crippen molar-refractivity contribution in [2.24, 2.45) is 5.84 Å². The fraction of sp³-hybridized carbons (Fsp3) is 0.214. The van der Waals surface area contributed by atoms with Crippen LogP contribution in [0.1, 0.15) is 28.8 Å². The highest BCUT2D eigenvalue weighted by Crippen LogP contribution is 2.48. The van der Waals surface area contributed by atoms with Crippen molar-refractivity contribution in [3.05, 3.63) is 52.6 Å². The lowest BCUT2D eigenvalue weighted by atomic mass is 10.0. The molecular formula is C14H13ClFN5O. The number of hydrogen-bond acceptors (Lipinski definition) is 5. The molecule has 1 saturated carbocycles. The van der Waals surface area contributed by atoms with Gasteiger partial charge in [0.05, 0.1) is 11.1 Å². The van der Waals surface area contributed by atoms with Crippen LogP contribution in [0.25, 0.3) is 0 Å². The van der Waals surface area contributed by atoms with Crippen molar-refractivity contribution in [2.75, 3.05) is 5.32 Å². The zero-order chi connectivity index (χ0) is 15.7. The number of carbonyl (C=O) groups excluding carboxylic acids is 1. The van der Waals surface area contributed by atoms with Gasteiger partial charge in [0.1, 0.15) is 5.82 Å². The number of carbonyl (C=O) groups is 1. The highest BCUT2D eigenvalue weighted by Gasteiger charge is 2.46. The molecule has 0 saturated heterocycles. The lowest BCUT2D eigenvalue weighted by Crippen LogP contribution is -2.30. The molecule has 22 heavy (non-hydrogen) atoms. The van der Waals surface area contributed by atoms with Crippen LogP contribution in [0.2, 0.25) is 5.02 Å². The molecule has 1 aliphatic carbocycles. The fourth-order valence-electron chi connectivity index (χ4n) is 2.27. The minimum Gasteiger partial charge on any atom is -0.345 e. The molecule has 8 heteroatoms. The Kier molecular flexibility index (Phi) is 3.67. The Hall–Kier alpha value is -2.25. The van der Waals surface area contributed by atoms with E-state index in [0.29, 0.717) is 16.5 Å². The van der Waals surface area contributed by atoms with Crippen molar-refractivity contribution in [3.63, 3.8) is 0 Å². The van der Waals surface area contributed by atoms with Crippen LogP contribution < -0.4 is 16.6 Å². The highest BCUT2D eigenvalue weighted by molar-refractivity contribution is 6.30. The smallest absolute Gasteiger partial charge is 0.268 e. The Morgan fingerprint density at radius 2 is 2.00 bits per heavy atom. The first kappa shape index (κ1) is 14.7. The Balaban J connectivity index is 1.81. The summed E-state index contributed by atoms with van der Waals surface area (Å²) in [4.78, 5) is 19.4. The van der Waals surface area contributed by atoms with Crippen molar-refractivity contribution in [1.29, 1.82) is 0 Å². The van der Waals surface area contributed by atoms with Gasteiger partial charge in [0, 0.05) is 23.0 Å². The van der Waals surface area contributed by atoms with Gasteiger partial charge >= 0.3 is 0 Å². The van der Waals surface area contributed by atoms with Gasteiger partial charge in [0.25, 0.3) is 5.91 Å². The summed E-state index contributed by atoms with van der Waals surface area (Å²) >= 11 is 5.78. The average molecular weight is 322 g/mol. The molecule has 1 fully saturated rings. The topological polar surface area (TPSA) is 92.9 Å². The van der Waals surface area contributed by atoms with Crippen LogP contribution in [0.4, 0.5) is 10.3 Å². The van der Waals surface area contributed by atoms with Gasteiger partial charge in [-0.05, 0) is 25.0 Å². The van der Waals surface area contributed by atoms with E-state index in [1.807, 2.05) is 5.43 Å². The molecule has 0 bridgehead atoms. The molecule has 3 rings (SSSR count). The molecule has 1 heterocycles. The fourth-order valence-corrected chi connectivity index (χ4v) is 2.43.